The van der Waals surface area contributed by atoms with E-state index in [1.54, 1.807) is 36.4 Å². The normalized spacial score (nSPS) is 10.0. The van der Waals surface area contributed by atoms with Crippen molar-refractivity contribution in [1.82, 2.24) is 10.3 Å². The van der Waals surface area contributed by atoms with Crippen molar-refractivity contribution < 1.29 is 14.3 Å². The van der Waals surface area contributed by atoms with Crippen LogP contribution in [0.4, 0.5) is 11.5 Å². The third-order valence-electron chi connectivity index (χ3n) is 3.14. The molecule has 120 valence electrons. The molecule has 2 rings (SSSR count). The van der Waals surface area contributed by atoms with E-state index in [1.165, 1.54) is 13.3 Å². The Morgan fingerprint density at radius 1 is 1.09 bits per heavy atom. The Morgan fingerprint density at radius 2 is 1.78 bits per heavy atom. The smallest absolute Gasteiger partial charge is 0.337 e. The number of carbonyl (C=O) groups is 2. The first kappa shape index (κ1) is 16.5. The molecule has 6 nitrogen and oxygen atoms in total. The highest BCUT2D eigenvalue weighted by molar-refractivity contribution is 5.94. The number of carbonyl (C=O) groups excluding carboxylic acids is 2. The van der Waals surface area contributed by atoms with E-state index >= 15 is 0 Å². The van der Waals surface area contributed by atoms with Crippen molar-refractivity contribution >= 4 is 23.4 Å². The van der Waals surface area contributed by atoms with Crippen molar-refractivity contribution in [3.05, 3.63) is 53.7 Å². The second-order valence-electron chi connectivity index (χ2n) is 4.88. The van der Waals surface area contributed by atoms with Crippen LogP contribution in [0.25, 0.3) is 0 Å². The Labute approximate surface area is 134 Å². The molecular weight excluding hydrogens is 294 g/mol. The molecule has 0 atom stereocenters. The first-order chi connectivity index (χ1) is 11.1. The quantitative estimate of drug-likeness (QED) is 0.802. The van der Waals surface area contributed by atoms with Gasteiger partial charge in [0.1, 0.15) is 5.82 Å². The van der Waals surface area contributed by atoms with Crippen LogP contribution in [0.3, 0.4) is 0 Å². The largest absolute Gasteiger partial charge is 0.465 e. The lowest BCUT2D eigenvalue weighted by molar-refractivity contribution is 0.0600. The van der Waals surface area contributed by atoms with Crippen LogP contribution >= 0.6 is 0 Å². The van der Waals surface area contributed by atoms with Gasteiger partial charge in [0.2, 0.25) is 0 Å². The molecule has 2 aromatic rings. The molecule has 1 heterocycles. The lowest BCUT2D eigenvalue weighted by Gasteiger charge is -2.07. The number of amides is 1. The molecule has 0 saturated carbocycles. The number of hydrogen-bond donors (Lipinski definition) is 2. The second kappa shape index (κ2) is 7.93. The zero-order chi connectivity index (χ0) is 16.7. The zero-order valence-electron chi connectivity index (χ0n) is 13.1. The van der Waals surface area contributed by atoms with Gasteiger partial charge in [-0.25, -0.2) is 9.78 Å². The fourth-order valence-electron chi connectivity index (χ4n) is 1.90. The maximum atomic E-state index is 11.8. The summed E-state index contributed by atoms with van der Waals surface area (Å²) in [7, 11) is 1.34. The van der Waals surface area contributed by atoms with Gasteiger partial charge in [-0.1, -0.05) is 6.92 Å². The summed E-state index contributed by atoms with van der Waals surface area (Å²) in [6.07, 6.45) is 2.41. The van der Waals surface area contributed by atoms with E-state index in [1.807, 2.05) is 6.92 Å². The van der Waals surface area contributed by atoms with Crippen molar-refractivity contribution in [2.75, 3.05) is 19.0 Å². The van der Waals surface area contributed by atoms with Gasteiger partial charge >= 0.3 is 5.97 Å². The number of hydrogen-bond acceptors (Lipinski definition) is 5. The van der Waals surface area contributed by atoms with E-state index in [-0.39, 0.29) is 11.9 Å². The summed E-state index contributed by atoms with van der Waals surface area (Å²) in [5.41, 5.74) is 1.78. The molecule has 0 spiro atoms. The highest BCUT2D eigenvalue weighted by Crippen LogP contribution is 2.16. The molecule has 2 N–H and O–H groups in total. The van der Waals surface area contributed by atoms with Crippen LogP contribution in [0.2, 0.25) is 0 Å². The van der Waals surface area contributed by atoms with Gasteiger partial charge in [-0.05, 0) is 42.8 Å². The fraction of sp³-hybridized carbons (Fsp3) is 0.235. The first-order valence-corrected chi connectivity index (χ1v) is 7.33. The number of benzene rings is 1. The van der Waals surface area contributed by atoms with Gasteiger partial charge in [-0.3, -0.25) is 4.79 Å². The third-order valence-corrected chi connectivity index (χ3v) is 3.14. The number of nitrogens with zero attached hydrogens (tertiary/aromatic N) is 1. The lowest BCUT2D eigenvalue weighted by Crippen LogP contribution is -2.24. The summed E-state index contributed by atoms with van der Waals surface area (Å²) in [5, 5.41) is 5.90. The molecular formula is C17H19N3O3. The monoisotopic (exact) mass is 313 g/mol. The van der Waals surface area contributed by atoms with Crippen molar-refractivity contribution in [1.29, 1.82) is 0 Å². The molecule has 0 radical (unpaired) electrons. The number of anilines is 2. The minimum Gasteiger partial charge on any atom is -0.465 e. The van der Waals surface area contributed by atoms with Crippen molar-refractivity contribution in [2.24, 2.45) is 0 Å². The van der Waals surface area contributed by atoms with E-state index in [9.17, 15) is 9.59 Å². The van der Waals surface area contributed by atoms with Crippen LogP contribution in [0.15, 0.2) is 42.6 Å². The van der Waals surface area contributed by atoms with Crippen LogP contribution in [0.1, 0.15) is 34.1 Å². The highest BCUT2D eigenvalue weighted by Gasteiger charge is 2.06. The van der Waals surface area contributed by atoms with Crippen LogP contribution in [-0.2, 0) is 4.74 Å². The predicted molar refractivity (Wildman–Crippen MR) is 87.9 cm³/mol. The summed E-state index contributed by atoms with van der Waals surface area (Å²) >= 11 is 0. The summed E-state index contributed by atoms with van der Waals surface area (Å²) in [6.45, 7) is 2.64. The molecule has 0 saturated heterocycles. The van der Waals surface area contributed by atoms with Gasteiger partial charge in [0, 0.05) is 18.4 Å². The molecule has 0 unspecified atom stereocenters. The number of ether oxygens (including phenoxy) is 1. The number of methoxy groups -OCH3 is 1. The molecule has 0 aliphatic heterocycles. The summed E-state index contributed by atoms with van der Waals surface area (Å²) < 4.78 is 4.65. The molecule has 0 fully saturated rings. The number of nitrogens with one attached hydrogen (secondary N) is 2. The molecule has 1 aromatic carbocycles. The number of aromatic nitrogens is 1. The Hall–Kier alpha value is -2.89. The number of rotatable bonds is 6. The van der Waals surface area contributed by atoms with E-state index in [0.29, 0.717) is 23.5 Å². The Kier molecular flexibility index (Phi) is 5.68. The Bertz CT molecular complexity index is 666. The van der Waals surface area contributed by atoms with Crippen LogP contribution < -0.4 is 10.6 Å². The van der Waals surface area contributed by atoms with E-state index in [0.717, 1.165) is 12.1 Å². The number of esters is 1. The summed E-state index contributed by atoms with van der Waals surface area (Å²) in [4.78, 5) is 27.4. The SMILES string of the molecule is CCCNC(=O)c1ccc(Nc2ccc(C(=O)OC)cc2)nc1. The maximum Gasteiger partial charge on any atom is 0.337 e. The minimum absolute atomic E-state index is 0.131. The third kappa shape index (κ3) is 4.54. The minimum atomic E-state index is -0.378. The van der Waals surface area contributed by atoms with Gasteiger partial charge in [0.25, 0.3) is 5.91 Å². The molecule has 23 heavy (non-hydrogen) atoms. The van der Waals surface area contributed by atoms with Crippen LogP contribution in [-0.4, -0.2) is 30.5 Å². The maximum absolute atomic E-state index is 11.8. The molecule has 6 heteroatoms. The molecule has 1 amide bonds. The zero-order valence-corrected chi connectivity index (χ0v) is 13.1. The fourth-order valence-corrected chi connectivity index (χ4v) is 1.90. The first-order valence-electron chi connectivity index (χ1n) is 7.33. The van der Waals surface area contributed by atoms with Gasteiger partial charge in [-0.2, -0.15) is 0 Å². The topological polar surface area (TPSA) is 80.3 Å². The van der Waals surface area contributed by atoms with E-state index < -0.39 is 0 Å². The molecule has 1 aromatic heterocycles. The molecule has 0 aliphatic carbocycles. The van der Waals surface area contributed by atoms with Crippen LogP contribution in [0, 0.1) is 0 Å². The van der Waals surface area contributed by atoms with Gasteiger partial charge in [0.05, 0.1) is 18.2 Å². The van der Waals surface area contributed by atoms with E-state index in [4.69, 9.17) is 0 Å². The average Bonchev–Trinajstić information content (AvgIpc) is 2.60. The summed E-state index contributed by atoms with van der Waals surface area (Å²) in [6, 6.07) is 10.3. The van der Waals surface area contributed by atoms with Gasteiger partial charge < -0.3 is 15.4 Å². The van der Waals surface area contributed by atoms with Crippen molar-refractivity contribution in [2.45, 2.75) is 13.3 Å². The van der Waals surface area contributed by atoms with E-state index in [2.05, 4.69) is 20.4 Å². The van der Waals surface area contributed by atoms with Crippen LogP contribution in [0.5, 0.6) is 0 Å². The highest BCUT2D eigenvalue weighted by atomic mass is 16.5. The Balaban J connectivity index is 2.00. The van der Waals surface area contributed by atoms with Crippen molar-refractivity contribution in [3.8, 4) is 0 Å². The molecule has 0 bridgehead atoms. The number of pyridine rings is 1. The predicted octanol–water partition coefficient (Wildman–Crippen LogP) is 2.75. The van der Waals surface area contributed by atoms with Crippen molar-refractivity contribution in [3.63, 3.8) is 0 Å². The Morgan fingerprint density at radius 3 is 2.35 bits per heavy atom. The second-order valence-corrected chi connectivity index (χ2v) is 4.88. The van der Waals surface area contributed by atoms with Gasteiger partial charge in [-0.15, -0.1) is 0 Å². The lowest BCUT2D eigenvalue weighted by atomic mass is 10.2. The average molecular weight is 313 g/mol. The van der Waals surface area contributed by atoms with Gasteiger partial charge in [0.15, 0.2) is 0 Å². The summed E-state index contributed by atoms with van der Waals surface area (Å²) in [5.74, 6) is 0.105. The molecule has 0 aliphatic rings. The standard InChI is InChI=1S/C17H19N3O3/c1-3-10-18-16(21)13-6-9-15(19-11-13)20-14-7-4-12(5-8-14)17(22)23-2/h4-9,11H,3,10H2,1-2H3,(H,18,21)(H,19,20).